The van der Waals surface area contributed by atoms with Gasteiger partial charge in [0.05, 0.1) is 18.2 Å². The lowest BCUT2D eigenvalue weighted by Gasteiger charge is -2.10. The molecule has 170 valence electrons. The summed E-state index contributed by atoms with van der Waals surface area (Å²) in [6, 6.07) is 4.75. The topological polar surface area (TPSA) is 73.2 Å². The number of hydrogen-bond acceptors (Lipinski definition) is 4. The lowest BCUT2D eigenvalue weighted by molar-refractivity contribution is -0.142. The number of rotatable bonds is 4. The van der Waals surface area contributed by atoms with Gasteiger partial charge in [-0.2, -0.15) is 31.4 Å². The number of amides is 1. The van der Waals surface area contributed by atoms with Crippen LogP contribution in [0.3, 0.4) is 0 Å². The number of nitrogens with zero attached hydrogens (tertiary/aromatic N) is 2. The number of hydrogen-bond donors (Lipinski definition) is 1. The number of fused-ring (bicyclic) bond motifs is 1. The van der Waals surface area contributed by atoms with Crippen LogP contribution in [-0.4, -0.2) is 34.9 Å². The molecule has 32 heavy (non-hydrogen) atoms. The first-order chi connectivity index (χ1) is 14.8. The van der Waals surface area contributed by atoms with Crippen LogP contribution in [0.1, 0.15) is 26.4 Å². The van der Waals surface area contributed by atoms with Crippen LogP contribution in [0.25, 0.3) is 10.9 Å². The molecule has 0 spiro atoms. The van der Waals surface area contributed by atoms with Gasteiger partial charge in [0, 0.05) is 16.6 Å². The van der Waals surface area contributed by atoms with E-state index in [1.54, 1.807) is 0 Å². The molecule has 1 aromatic heterocycles. The minimum atomic E-state index is -4.89. The van der Waals surface area contributed by atoms with Gasteiger partial charge >= 0.3 is 18.3 Å². The number of methoxy groups -OCH3 is 1. The van der Waals surface area contributed by atoms with Gasteiger partial charge < -0.3 is 10.1 Å². The third-order valence-electron chi connectivity index (χ3n) is 4.19. The molecule has 0 radical (unpaired) electrons. The number of carbonyl (C=O) groups excluding carboxylic acids is 2. The lowest BCUT2D eigenvalue weighted by atomic mass is 10.1. The first kappa shape index (κ1) is 23.0. The van der Waals surface area contributed by atoms with Crippen LogP contribution in [0.5, 0.6) is 0 Å². The Hall–Kier alpha value is -3.64. The highest BCUT2D eigenvalue weighted by Crippen LogP contribution is 2.31. The predicted molar refractivity (Wildman–Crippen MR) is 96.5 cm³/mol. The zero-order chi connectivity index (χ0) is 23.8. The zero-order valence-electron chi connectivity index (χ0n) is 15.9. The van der Waals surface area contributed by atoms with E-state index in [0.29, 0.717) is 16.8 Å². The Balaban J connectivity index is 1.99. The Morgan fingerprint density at radius 1 is 1.06 bits per heavy atom. The van der Waals surface area contributed by atoms with Crippen molar-refractivity contribution >= 4 is 28.5 Å². The average Bonchev–Trinajstić information content (AvgIpc) is 3.01. The molecular weight excluding hydrogens is 451 g/mol. The number of aromatic nitrogens is 2. The van der Waals surface area contributed by atoms with Crippen molar-refractivity contribution in [3.63, 3.8) is 0 Å². The summed E-state index contributed by atoms with van der Waals surface area (Å²) in [5.41, 5.74) is -2.67. The number of anilines is 1. The van der Waals surface area contributed by atoms with Crippen molar-refractivity contribution in [2.24, 2.45) is 0 Å². The molecule has 0 aliphatic carbocycles. The van der Waals surface area contributed by atoms with Crippen LogP contribution in [-0.2, 0) is 17.5 Å². The number of halogens is 7. The van der Waals surface area contributed by atoms with Gasteiger partial charge in [0.15, 0.2) is 5.69 Å². The zero-order valence-corrected chi connectivity index (χ0v) is 15.9. The van der Waals surface area contributed by atoms with Crippen LogP contribution in [0.15, 0.2) is 36.4 Å². The minimum Gasteiger partial charge on any atom is -0.464 e. The third-order valence-corrected chi connectivity index (χ3v) is 4.19. The summed E-state index contributed by atoms with van der Waals surface area (Å²) in [5.74, 6) is -3.53. The fourth-order valence-electron chi connectivity index (χ4n) is 2.89. The summed E-state index contributed by atoms with van der Waals surface area (Å²) in [6.45, 7) is -1.59. The summed E-state index contributed by atoms with van der Waals surface area (Å²) in [4.78, 5) is 24.4. The van der Waals surface area contributed by atoms with Gasteiger partial charge in [0.1, 0.15) is 12.4 Å². The van der Waals surface area contributed by atoms with E-state index in [1.165, 1.54) is 12.1 Å². The smallest absolute Gasteiger partial charge is 0.416 e. The SMILES string of the molecule is COC(=O)c1c2cc(NC(=O)c3cc(F)cc(C(F)(F)F)c3)ccc2nn1CC(F)(F)F. The fourth-order valence-corrected chi connectivity index (χ4v) is 2.89. The van der Waals surface area contributed by atoms with Crippen LogP contribution in [0.4, 0.5) is 36.4 Å². The summed E-state index contributed by atoms with van der Waals surface area (Å²) in [6.07, 6.45) is -9.59. The predicted octanol–water partition coefficient (Wildman–Crippen LogP) is 4.80. The summed E-state index contributed by atoms with van der Waals surface area (Å²) in [5, 5.41) is 5.82. The van der Waals surface area contributed by atoms with Crippen LogP contribution >= 0.6 is 0 Å². The molecule has 0 unspecified atom stereocenters. The van der Waals surface area contributed by atoms with E-state index in [-0.39, 0.29) is 22.7 Å². The molecule has 1 heterocycles. The maximum atomic E-state index is 13.5. The molecule has 0 aliphatic rings. The number of ether oxygens (including phenoxy) is 1. The highest BCUT2D eigenvalue weighted by molar-refractivity contribution is 6.07. The van der Waals surface area contributed by atoms with E-state index in [2.05, 4.69) is 15.2 Å². The van der Waals surface area contributed by atoms with Crippen molar-refractivity contribution in [3.05, 3.63) is 59.0 Å². The Morgan fingerprint density at radius 2 is 1.75 bits per heavy atom. The van der Waals surface area contributed by atoms with Crippen molar-refractivity contribution < 1.29 is 45.1 Å². The molecule has 0 saturated carbocycles. The second kappa shape index (κ2) is 8.13. The normalized spacial score (nSPS) is 12.1. The lowest BCUT2D eigenvalue weighted by Crippen LogP contribution is -2.22. The van der Waals surface area contributed by atoms with Crippen LogP contribution in [0, 0.1) is 5.82 Å². The van der Waals surface area contributed by atoms with E-state index < -0.39 is 53.4 Å². The van der Waals surface area contributed by atoms with Gasteiger partial charge in [-0.15, -0.1) is 0 Å². The highest BCUT2D eigenvalue weighted by Gasteiger charge is 2.33. The molecule has 1 N–H and O–H groups in total. The molecule has 2 aromatic carbocycles. The molecule has 0 aliphatic heterocycles. The maximum Gasteiger partial charge on any atom is 0.416 e. The quantitative estimate of drug-likeness (QED) is 0.446. The van der Waals surface area contributed by atoms with Crippen molar-refractivity contribution in [2.75, 3.05) is 12.4 Å². The molecule has 6 nitrogen and oxygen atoms in total. The van der Waals surface area contributed by atoms with Crippen LogP contribution in [0.2, 0.25) is 0 Å². The van der Waals surface area contributed by atoms with Gasteiger partial charge in [0.2, 0.25) is 0 Å². The van der Waals surface area contributed by atoms with Gasteiger partial charge in [-0.3, -0.25) is 4.79 Å². The molecule has 0 saturated heterocycles. The first-order valence-corrected chi connectivity index (χ1v) is 8.63. The van der Waals surface area contributed by atoms with Gasteiger partial charge in [-0.1, -0.05) is 0 Å². The maximum absolute atomic E-state index is 13.5. The molecular formula is C19H12F7N3O3. The van der Waals surface area contributed by atoms with Crippen molar-refractivity contribution in [2.45, 2.75) is 18.9 Å². The van der Waals surface area contributed by atoms with E-state index in [1.807, 2.05) is 0 Å². The van der Waals surface area contributed by atoms with Gasteiger partial charge in [-0.05, 0) is 36.4 Å². The second-order valence-electron chi connectivity index (χ2n) is 6.53. The van der Waals surface area contributed by atoms with E-state index in [0.717, 1.165) is 13.2 Å². The fraction of sp³-hybridized carbons (Fsp3) is 0.211. The second-order valence-corrected chi connectivity index (χ2v) is 6.53. The molecule has 13 heteroatoms. The number of esters is 1. The molecule has 3 aromatic rings. The first-order valence-electron chi connectivity index (χ1n) is 8.63. The summed E-state index contributed by atoms with van der Waals surface area (Å²) in [7, 11) is 0.951. The Morgan fingerprint density at radius 3 is 2.34 bits per heavy atom. The number of alkyl halides is 6. The minimum absolute atomic E-state index is 0.0298. The third kappa shape index (κ3) is 4.98. The van der Waals surface area contributed by atoms with Crippen LogP contribution < -0.4 is 5.32 Å². The molecule has 1 amide bonds. The van der Waals surface area contributed by atoms with Crippen molar-refractivity contribution in [1.82, 2.24) is 9.78 Å². The Labute approximate surface area is 174 Å². The van der Waals surface area contributed by atoms with E-state index >= 15 is 0 Å². The monoisotopic (exact) mass is 463 g/mol. The van der Waals surface area contributed by atoms with Crippen molar-refractivity contribution in [3.8, 4) is 0 Å². The summed E-state index contributed by atoms with van der Waals surface area (Å²) >= 11 is 0. The number of benzene rings is 2. The number of nitrogens with one attached hydrogen (secondary N) is 1. The molecule has 0 bridgehead atoms. The van der Waals surface area contributed by atoms with E-state index in [4.69, 9.17) is 0 Å². The van der Waals surface area contributed by atoms with Crippen molar-refractivity contribution in [1.29, 1.82) is 0 Å². The molecule has 0 fully saturated rings. The molecule has 3 rings (SSSR count). The largest absolute Gasteiger partial charge is 0.464 e. The standard InChI is InChI=1S/C19H12F7N3O3/c1-32-17(31)15-13-7-12(2-3-14(13)28-29(15)8-18(21,22)23)27-16(30)9-4-10(19(24,25)26)6-11(20)5-9/h2-7H,8H2,1H3,(H,27,30). The Bertz CT molecular complexity index is 1200. The van der Waals surface area contributed by atoms with E-state index in [9.17, 15) is 40.3 Å². The molecule has 0 atom stereocenters. The van der Waals surface area contributed by atoms with Gasteiger partial charge in [-0.25, -0.2) is 13.9 Å². The number of carbonyl (C=O) groups is 2. The summed E-state index contributed by atoms with van der Waals surface area (Å²) < 4.78 is 95.5. The Kier molecular flexibility index (Phi) is 5.85. The van der Waals surface area contributed by atoms with Gasteiger partial charge in [0.25, 0.3) is 5.91 Å². The average molecular weight is 463 g/mol. The highest BCUT2D eigenvalue weighted by atomic mass is 19.4.